The van der Waals surface area contributed by atoms with E-state index < -0.39 is 0 Å². The molecule has 2 atom stereocenters. The van der Waals surface area contributed by atoms with Gasteiger partial charge in [-0.2, -0.15) is 4.39 Å². The maximum absolute atomic E-state index is 14.3. The van der Waals surface area contributed by atoms with E-state index in [4.69, 9.17) is 0 Å². The summed E-state index contributed by atoms with van der Waals surface area (Å²) in [4.78, 5) is 4.22. The van der Waals surface area contributed by atoms with Crippen molar-refractivity contribution in [3.8, 4) is 0 Å². The van der Waals surface area contributed by atoms with Gasteiger partial charge in [0.25, 0.3) is 0 Å². The van der Waals surface area contributed by atoms with Gasteiger partial charge in [-0.25, -0.2) is 0 Å². The first kappa shape index (κ1) is 13.6. The smallest absolute Gasteiger partial charge is 0.193 e. The third-order valence-electron chi connectivity index (χ3n) is 3.67. The van der Waals surface area contributed by atoms with Gasteiger partial charge in [0.05, 0.1) is 17.8 Å². The summed E-state index contributed by atoms with van der Waals surface area (Å²) in [5.74, 6) is -0.306. The standard InChI is InChI=1S/C17H18FN3/c1-11-3-5-13(6-4-11)15-8-7-14(17(18)21-15)16-10-19-12(2)9-20-16/h3-10,15-16,20-21H,1-2H3. The lowest BCUT2D eigenvalue weighted by Gasteiger charge is -2.25. The monoisotopic (exact) mass is 283 g/mol. The molecule has 1 aromatic carbocycles. The van der Waals surface area contributed by atoms with Crippen molar-refractivity contribution in [1.29, 1.82) is 0 Å². The van der Waals surface area contributed by atoms with E-state index in [2.05, 4.69) is 15.6 Å². The quantitative estimate of drug-likeness (QED) is 0.817. The van der Waals surface area contributed by atoms with Crippen LogP contribution < -0.4 is 10.6 Å². The van der Waals surface area contributed by atoms with Gasteiger partial charge in [-0.3, -0.25) is 4.99 Å². The molecule has 4 heteroatoms. The number of nitrogens with one attached hydrogen (secondary N) is 2. The Bertz CT molecular complexity index is 653. The van der Waals surface area contributed by atoms with Crippen LogP contribution in [0.4, 0.5) is 4.39 Å². The summed E-state index contributed by atoms with van der Waals surface area (Å²) < 4.78 is 14.3. The van der Waals surface area contributed by atoms with Crippen LogP contribution in [0.5, 0.6) is 0 Å². The number of hydrogen-bond acceptors (Lipinski definition) is 3. The van der Waals surface area contributed by atoms with Crippen LogP contribution in [0.3, 0.4) is 0 Å². The molecule has 0 fully saturated rings. The first-order valence-corrected chi connectivity index (χ1v) is 7.01. The summed E-state index contributed by atoms with van der Waals surface area (Å²) in [7, 11) is 0. The highest BCUT2D eigenvalue weighted by Crippen LogP contribution is 2.25. The Morgan fingerprint density at radius 3 is 2.48 bits per heavy atom. The van der Waals surface area contributed by atoms with E-state index in [1.54, 1.807) is 12.4 Å². The number of halogens is 1. The minimum atomic E-state index is -0.306. The number of hydrogen-bond donors (Lipinski definition) is 2. The summed E-state index contributed by atoms with van der Waals surface area (Å²) in [6.45, 7) is 3.93. The molecule has 3 nitrogen and oxygen atoms in total. The Kier molecular flexibility index (Phi) is 3.60. The van der Waals surface area contributed by atoms with Gasteiger partial charge in [0.15, 0.2) is 5.95 Å². The Hall–Kier alpha value is -2.36. The van der Waals surface area contributed by atoms with Gasteiger partial charge in [0.1, 0.15) is 0 Å². The first-order chi connectivity index (χ1) is 10.1. The number of dihydropyridines is 1. The predicted molar refractivity (Wildman–Crippen MR) is 83.5 cm³/mol. The zero-order chi connectivity index (χ0) is 14.8. The summed E-state index contributed by atoms with van der Waals surface area (Å²) >= 11 is 0. The Morgan fingerprint density at radius 1 is 1.10 bits per heavy atom. The summed E-state index contributed by atoms with van der Waals surface area (Å²) in [6.07, 6.45) is 7.33. The lowest BCUT2D eigenvalue weighted by Crippen LogP contribution is -2.34. The van der Waals surface area contributed by atoms with Crippen molar-refractivity contribution >= 4 is 6.21 Å². The van der Waals surface area contributed by atoms with Crippen LogP contribution in [0.25, 0.3) is 0 Å². The highest BCUT2D eigenvalue weighted by atomic mass is 19.1. The average molecular weight is 283 g/mol. The fourth-order valence-corrected chi connectivity index (χ4v) is 2.40. The summed E-state index contributed by atoms with van der Waals surface area (Å²) in [5, 5.41) is 6.05. The molecule has 0 amide bonds. The second-order valence-corrected chi connectivity index (χ2v) is 5.37. The van der Waals surface area contributed by atoms with Crippen molar-refractivity contribution in [2.75, 3.05) is 0 Å². The number of aryl methyl sites for hydroxylation is 1. The fraction of sp³-hybridized carbons (Fsp3) is 0.235. The van der Waals surface area contributed by atoms with Gasteiger partial charge < -0.3 is 10.6 Å². The van der Waals surface area contributed by atoms with Gasteiger partial charge in [-0.05, 0) is 19.4 Å². The third kappa shape index (κ3) is 2.89. The van der Waals surface area contributed by atoms with Crippen LogP contribution in [0.15, 0.2) is 64.8 Å². The Morgan fingerprint density at radius 2 is 1.86 bits per heavy atom. The van der Waals surface area contributed by atoms with E-state index >= 15 is 0 Å². The minimum absolute atomic E-state index is 0.132. The van der Waals surface area contributed by atoms with Gasteiger partial charge in [0, 0.05) is 18.0 Å². The van der Waals surface area contributed by atoms with E-state index in [0.717, 1.165) is 11.3 Å². The van der Waals surface area contributed by atoms with Crippen LogP contribution in [-0.4, -0.2) is 12.3 Å². The van der Waals surface area contributed by atoms with Gasteiger partial charge in [-0.15, -0.1) is 0 Å². The largest absolute Gasteiger partial charge is 0.378 e. The Balaban J connectivity index is 1.76. The van der Waals surface area contributed by atoms with Crippen LogP contribution in [0, 0.1) is 6.92 Å². The van der Waals surface area contributed by atoms with Crippen molar-refractivity contribution in [3.05, 3.63) is 71.0 Å². The second-order valence-electron chi connectivity index (χ2n) is 5.37. The number of aliphatic imine (C=N–C) groups is 1. The van der Waals surface area contributed by atoms with Crippen molar-refractivity contribution in [1.82, 2.24) is 10.6 Å². The molecule has 0 aliphatic carbocycles. The van der Waals surface area contributed by atoms with Crippen LogP contribution in [0.2, 0.25) is 0 Å². The molecule has 2 heterocycles. The molecule has 108 valence electrons. The number of rotatable bonds is 2. The fourth-order valence-electron chi connectivity index (χ4n) is 2.40. The zero-order valence-corrected chi connectivity index (χ0v) is 12.1. The molecule has 0 aromatic heterocycles. The highest BCUT2D eigenvalue weighted by Gasteiger charge is 2.22. The average Bonchev–Trinajstić information content (AvgIpc) is 2.49. The summed E-state index contributed by atoms with van der Waals surface area (Å²) in [6, 6.07) is 7.74. The molecule has 0 saturated carbocycles. The molecule has 2 aliphatic rings. The molecule has 3 rings (SSSR count). The molecule has 0 spiro atoms. The molecule has 21 heavy (non-hydrogen) atoms. The van der Waals surface area contributed by atoms with Crippen LogP contribution in [0.1, 0.15) is 24.1 Å². The van der Waals surface area contributed by atoms with E-state index in [-0.39, 0.29) is 18.0 Å². The zero-order valence-electron chi connectivity index (χ0n) is 12.1. The highest BCUT2D eigenvalue weighted by molar-refractivity contribution is 5.73. The van der Waals surface area contributed by atoms with E-state index in [1.165, 1.54) is 5.56 Å². The number of nitrogens with zero attached hydrogens (tertiary/aromatic N) is 1. The molecule has 1 aromatic rings. The first-order valence-electron chi connectivity index (χ1n) is 7.01. The topological polar surface area (TPSA) is 36.4 Å². The number of benzene rings is 1. The molecule has 0 bridgehead atoms. The normalized spacial score (nSPS) is 24.4. The second kappa shape index (κ2) is 5.56. The molecular weight excluding hydrogens is 265 g/mol. The van der Waals surface area contributed by atoms with Crippen molar-refractivity contribution in [2.45, 2.75) is 25.9 Å². The number of allylic oxidation sites excluding steroid dienone is 1. The maximum atomic E-state index is 14.3. The van der Waals surface area contributed by atoms with Crippen LogP contribution in [-0.2, 0) is 0 Å². The summed E-state index contributed by atoms with van der Waals surface area (Å²) in [5.41, 5.74) is 3.70. The SMILES string of the molecule is CC1=CNC(C2=C(F)NC(c3ccc(C)cc3)C=C2)C=N1. The van der Waals surface area contributed by atoms with Gasteiger partial charge in [-0.1, -0.05) is 42.0 Å². The lowest BCUT2D eigenvalue weighted by atomic mass is 9.98. The molecule has 0 radical (unpaired) electrons. The predicted octanol–water partition coefficient (Wildman–Crippen LogP) is 3.28. The molecular formula is C17H18FN3. The van der Waals surface area contributed by atoms with Crippen LogP contribution >= 0.6 is 0 Å². The van der Waals surface area contributed by atoms with Gasteiger partial charge >= 0.3 is 0 Å². The van der Waals surface area contributed by atoms with Gasteiger partial charge in [0.2, 0.25) is 0 Å². The van der Waals surface area contributed by atoms with Crippen molar-refractivity contribution < 1.29 is 4.39 Å². The lowest BCUT2D eigenvalue weighted by molar-refractivity contribution is 0.494. The molecule has 0 saturated heterocycles. The van der Waals surface area contributed by atoms with E-state index in [9.17, 15) is 4.39 Å². The minimum Gasteiger partial charge on any atom is -0.378 e. The van der Waals surface area contributed by atoms with E-state index in [0.29, 0.717) is 5.57 Å². The maximum Gasteiger partial charge on any atom is 0.193 e. The van der Waals surface area contributed by atoms with Crippen molar-refractivity contribution in [2.24, 2.45) is 4.99 Å². The Labute approximate surface area is 124 Å². The van der Waals surface area contributed by atoms with E-state index in [1.807, 2.05) is 50.3 Å². The third-order valence-corrected chi connectivity index (χ3v) is 3.67. The van der Waals surface area contributed by atoms with Crippen molar-refractivity contribution in [3.63, 3.8) is 0 Å². The molecule has 2 aliphatic heterocycles. The molecule has 2 unspecified atom stereocenters. The molecule has 2 N–H and O–H groups in total.